The van der Waals surface area contributed by atoms with Gasteiger partial charge in [-0.2, -0.15) is 0 Å². The Hall–Kier alpha value is -1.86. The van der Waals surface area contributed by atoms with Gasteiger partial charge in [0.15, 0.2) is 0 Å². The highest BCUT2D eigenvalue weighted by Crippen LogP contribution is 2.08. The van der Waals surface area contributed by atoms with Crippen molar-refractivity contribution in [1.82, 2.24) is 0 Å². The molecule has 0 amide bonds. The third-order valence-electron chi connectivity index (χ3n) is 1.91. The van der Waals surface area contributed by atoms with Crippen LogP contribution in [0.25, 0.3) is 0 Å². The molecule has 0 heterocycles. The molecule has 0 spiro atoms. The Labute approximate surface area is 99.2 Å². The van der Waals surface area contributed by atoms with E-state index >= 15 is 0 Å². The van der Waals surface area contributed by atoms with Crippen LogP contribution in [0.5, 0.6) is 0 Å². The van der Waals surface area contributed by atoms with Crippen LogP contribution in [0.3, 0.4) is 0 Å². The highest BCUT2D eigenvalue weighted by atomic mass is 19.1. The van der Waals surface area contributed by atoms with E-state index < -0.39 is 11.8 Å². The third-order valence-corrected chi connectivity index (χ3v) is 1.91. The normalized spacial score (nSPS) is 9.35. The molecule has 90 valence electrons. The monoisotopic (exact) mass is 236 g/mol. The van der Waals surface area contributed by atoms with E-state index in [1.54, 1.807) is 13.0 Å². The topological polar surface area (TPSA) is 46.5 Å². The lowest BCUT2D eigenvalue weighted by atomic mass is 10.1. The first kappa shape index (κ1) is 13.2. The number of aliphatic hydroxyl groups excluding tert-OH is 1. The minimum Gasteiger partial charge on any atom is -0.465 e. The molecule has 0 aromatic heterocycles. The van der Waals surface area contributed by atoms with E-state index in [1.165, 1.54) is 12.1 Å². The van der Waals surface area contributed by atoms with Gasteiger partial charge < -0.3 is 9.84 Å². The summed E-state index contributed by atoms with van der Waals surface area (Å²) in [5.41, 5.74) is 0.879. The molecule has 1 aromatic rings. The molecule has 17 heavy (non-hydrogen) atoms. The van der Waals surface area contributed by atoms with Gasteiger partial charge in [-0.05, 0) is 30.7 Å². The van der Waals surface area contributed by atoms with E-state index in [-0.39, 0.29) is 13.0 Å². The molecule has 1 N–H and O–H groups in total. The lowest BCUT2D eigenvalue weighted by molar-refractivity contribution is -0.141. The Bertz CT molecular complexity index is 457. The van der Waals surface area contributed by atoms with Crippen molar-refractivity contribution in [3.05, 3.63) is 35.1 Å². The fraction of sp³-hybridized carbons (Fsp3) is 0.308. The standard InChI is InChI=1S/C13H13FO3/c1-2-17-13(16)5-3-4-10-6-11(9-15)8-12(14)7-10/h6-8,15H,2,5,9H2,1H3. The Balaban J connectivity index is 2.71. The first-order valence-corrected chi connectivity index (χ1v) is 5.20. The van der Waals surface area contributed by atoms with Crippen molar-refractivity contribution >= 4 is 5.97 Å². The van der Waals surface area contributed by atoms with Crippen molar-refractivity contribution in [2.75, 3.05) is 6.61 Å². The van der Waals surface area contributed by atoms with Crippen LogP contribution >= 0.6 is 0 Å². The van der Waals surface area contributed by atoms with Crippen LogP contribution in [-0.4, -0.2) is 17.7 Å². The largest absolute Gasteiger partial charge is 0.465 e. The van der Waals surface area contributed by atoms with E-state index in [4.69, 9.17) is 9.84 Å². The molecule has 0 bridgehead atoms. The summed E-state index contributed by atoms with van der Waals surface area (Å²) < 4.78 is 17.7. The molecule has 0 unspecified atom stereocenters. The molecule has 0 fully saturated rings. The average molecular weight is 236 g/mol. The molecular weight excluding hydrogens is 223 g/mol. The average Bonchev–Trinajstić information content (AvgIpc) is 2.28. The quantitative estimate of drug-likeness (QED) is 0.640. The molecule has 4 heteroatoms. The van der Waals surface area contributed by atoms with Crippen LogP contribution in [0, 0.1) is 17.7 Å². The van der Waals surface area contributed by atoms with Crippen molar-refractivity contribution in [1.29, 1.82) is 0 Å². The lowest BCUT2D eigenvalue weighted by Crippen LogP contribution is -2.01. The van der Waals surface area contributed by atoms with Gasteiger partial charge in [0.25, 0.3) is 0 Å². The molecule has 1 rings (SSSR count). The van der Waals surface area contributed by atoms with Gasteiger partial charge in [0, 0.05) is 5.56 Å². The van der Waals surface area contributed by atoms with Crippen LogP contribution in [-0.2, 0) is 16.1 Å². The first-order valence-electron chi connectivity index (χ1n) is 5.20. The Kier molecular flexibility index (Phi) is 5.18. The summed E-state index contributed by atoms with van der Waals surface area (Å²) in [7, 11) is 0. The van der Waals surface area contributed by atoms with Gasteiger partial charge >= 0.3 is 5.97 Å². The van der Waals surface area contributed by atoms with Crippen molar-refractivity contribution in [3.63, 3.8) is 0 Å². The second-order valence-electron chi connectivity index (χ2n) is 3.29. The van der Waals surface area contributed by atoms with Crippen molar-refractivity contribution in [3.8, 4) is 11.8 Å². The zero-order chi connectivity index (χ0) is 12.7. The predicted octanol–water partition coefficient (Wildman–Crippen LogP) is 1.62. The number of carbonyl (C=O) groups excluding carboxylic acids is 1. The molecule has 0 saturated heterocycles. The molecule has 3 nitrogen and oxygen atoms in total. The maximum absolute atomic E-state index is 13.1. The number of esters is 1. The van der Waals surface area contributed by atoms with Crippen LogP contribution in [0.1, 0.15) is 24.5 Å². The fourth-order valence-electron chi connectivity index (χ4n) is 1.24. The summed E-state index contributed by atoms with van der Waals surface area (Å²) in [6.45, 7) is 1.78. The lowest BCUT2D eigenvalue weighted by Gasteiger charge is -1.98. The van der Waals surface area contributed by atoms with Gasteiger partial charge in [0.05, 0.1) is 13.2 Å². The number of benzene rings is 1. The summed E-state index contributed by atoms with van der Waals surface area (Å²) in [6.07, 6.45) is -0.0290. The minimum absolute atomic E-state index is 0.0290. The molecule has 0 radical (unpaired) electrons. The number of rotatable bonds is 3. The highest BCUT2D eigenvalue weighted by Gasteiger charge is 1.99. The van der Waals surface area contributed by atoms with Crippen LogP contribution in [0.4, 0.5) is 4.39 Å². The van der Waals surface area contributed by atoms with Gasteiger partial charge in [0.1, 0.15) is 12.2 Å². The zero-order valence-electron chi connectivity index (χ0n) is 9.50. The molecule has 1 aromatic carbocycles. The van der Waals surface area contributed by atoms with E-state index in [0.717, 1.165) is 0 Å². The summed E-state index contributed by atoms with van der Waals surface area (Å²) in [6, 6.07) is 4.05. The van der Waals surface area contributed by atoms with E-state index in [2.05, 4.69) is 11.8 Å². The molecule has 0 aliphatic carbocycles. The van der Waals surface area contributed by atoms with E-state index in [9.17, 15) is 9.18 Å². The summed E-state index contributed by atoms with van der Waals surface area (Å²) in [5, 5.41) is 8.88. The maximum Gasteiger partial charge on any atom is 0.317 e. The summed E-state index contributed by atoms with van der Waals surface area (Å²) in [4.78, 5) is 11.0. The maximum atomic E-state index is 13.1. The Morgan fingerprint density at radius 1 is 1.47 bits per heavy atom. The third kappa shape index (κ3) is 4.66. The SMILES string of the molecule is CCOC(=O)CC#Cc1cc(F)cc(CO)c1. The van der Waals surface area contributed by atoms with Gasteiger partial charge in [-0.25, -0.2) is 4.39 Å². The molecule has 0 aliphatic rings. The fourth-order valence-corrected chi connectivity index (χ4v) is 1.24. The highest BCUT2D eigenvalue weighted by molar-refractivity contribution is 5.72. The van der Waals surface area contributed by atoms with Crippen LogP contribution in [0.15, 0.2) is 18.2 Å². The number of ether oxygens (including phenoxy) is 1. The second-order valence-corrected chi connectivity index (χ2v) is 3.29. The van der Waals surface area contributed by atoms with Gasteiger partial charge in [-0.1, -0.05) is 11.8 Å². The first-order chi connectivity index (χ1) is 8.15. The van der Waals surface area contributed by atoms with Crippen molar-refractivity contribution in [2.24, 2.45) is 0 Å². The van der Waals surface area contributed by atoms with Gasteiger partial charge in [0.2, 0.25) is 0 Å². The summed E-state index contributed by atoms with van der Waals surface area (Å²) >= 11 is 0. The molecule has 0 aliphatic heterocycles. The van der Waals surface area contributed by atoms with Crippen molar-refractivity contribution < 1.29 is 19.0 Å². The van der Waals surface area contributed by atoms with Crippen molar-refractivity contribution in [2.45, 2.75) is 20.0 Å². The van der Waals surface area contributed by atoms with Crippen LogP contribution < -0.4 is 0 Å². The minimum atomic E-state index is -0.461. The number of hydrogen-bond acceptors (Lipinski definition) is 3. The smallest absolute Gasteiger partial charge is 0.317 e. The molecule has 0 atom stereocenters. The van der Waals surface area contributed by atoms with E-state index in [0.29, 0.717) is 17.7 Å². The number of halogens is 1. The Morgan fingerprint density at radius 2 is 2.24 bits per heavy atom. The number of hydrogen-bond donors (Lipinski definition) is 1. The zero-order valence-corrected chi connectivity index (χ0v) is 9.50. The second kappa shape index (κ2) is 6.66. The van der Waals surface area contributed by atoms with E-state index in [1.807, 2.05) is 0 Å². The van der Waals surface area contributed by atoms with Gasteiger partial charge in [-0.15, -0.1) is 0 Å². The van der Waals surface area contributed by atoms with Gasteiger partial charge in [-0.3, -0.25) is 4.79 Å². The molecular formula is C13H13FO3. The summed E-state index contributed by atoms with van der Waals surface area (Å²) in [5.74, 6) is 4.37. The van der Waals surface area contributed by atoms with Crippen LogP contribution in [0.2, 0.25) is 0 Å². The number of carbonyl (C=O) groups is 1. The predicted molar refractivity (Wildman–Crippen MR) is 60.5 cm³/mol. The number of aliphatic hydroxyl groups is 1. The molecule has 0 saturated carbocycles. The Morgan fingerprint density at radius 3 is 2.88 bits per heavy atom.